The molecular weight excluding hydrogens is 306 g/mol. The highest BCUT2D eigenvalue weighted by atomic mass is 16.4. The van der Waals surface area contributed by atoms with Crippen LogP contribution >= 0.6 is 0 Å². The van der Waals surface area contributed by atoms with E-state index in [1.165, 1.54) is 6.08 Å². The second-order valence-corrected chi connectivity index (χ2v) is 6.56. The molecule has 0 spiro atoms. The molecule has 1 N–H and O–H groups in total. The smallest absolute Gasteiger partial charge is 0.259 e. The summed E-state index contributed by atoms with van der Waals surface area (Å²) in [5.41, 5.74) is 1.52. The molecule has 0 bridgehead atoms. The SMILES string of the molecule is Cc1oc(C(C)(C)C)cc1C(=O)Nc1cccc(/C=C/C(=O)[O-])c1. The molecule has 0 fully saturated rings. The second kappa shape index (κ2) is 6.74. The number of carbonyl (C=O) groups excluding carboxylic acids is 2. The number of carboxylic acid groups (broad SMARTS) is 1. The molecule has 0 aliphatic carbocycles. The first-order valence-electron chi connectivity index (χ1n) is 7.58. The van der Waals surface area contributed by atoms with Gasteiger partial charge in [-0.2, -0.15) is 0 Å². The zero-order chi connectivity index (χ0) is 17.9. The summed E-state index contributed by atoms with van der Waals surface area (Å²) in [4.78, 5) is 22.9. The van der Waals surface area contributed by atoms with Gasteiger partial charge in [0.15, 0.2) is 0 Å². The fourth-order valence-electron chi connectivity index (χ4n) is 2.16. The molecule has 2 aromatic rings. The standard InChI is InChI=1S/C19H21NO4/c1-12-15(11-16(24-12)19(2,3)4)18(23)20-14-7-5-6-13(10-14)8-9-17(21)22/h5-11H,1-4H3,(H,20,23)(H,21,22)/p-1/b9-8+. The van der Waals surface area contributed by atoms with Gasteiger partial charge in [0, 0.05) is 11.1 Å². The number of benzene rings is 1. The van der Waals surface area contributed by atoms with Crippen LogP contribution in [0.1, 0.15) is 48.2 Å². The maximum absolute atomic E-state index is 12.5. The van der Waals surface area contributed by atoms with Crippen LogP contribution < -0.4 is 10.4 Å². The third kappa shape index (κ3) is 4.35. The Morgan fingerprint density at radius 2 is 1.92 bits per heavy atom. The van der Waals surface area contributed by atoms with E-state index in [1.54, 1.807) is 37.3 Å². The van der Waals surface area contributed by atoms with E-state index in [2.05, 4.69) is 5.32 Å². The van der Waals surface area contributed by atoms with Crippen molar-refractivity contribution >= 4 is 23.6 Å². The van der Waals surface area contributed by atoms with Gasteiger partial charge < -0.3 is 19.6 Å². The van der Waals surface area contributed by atoms with Crippen LogP contribution in [0, 0.1) is 6.92 Å². The minimum atomic E-state index is -1.27. The van der Waals surface area contributed by atoms with Crippen LogP contribution in [-0.4, -0.2) is 11.9 Å². The number of hydrogen-bond acceptors (Lipinski definition) is 4. The van der Waals surface area contributed by atoms with E-state index in [1.807, 2.05) is 20.8 Å². The van der Waals surface area contributed by atoms with Crippen molar-refractivity contribution in [2.75, 3.05) is 5.32 Å². The quantitative estimate of drug-likeness (QED) is 0.876. The molecule has 0 unspecified atom stereocenters. The predicted molar refractivity (Wildman–Crippen MR) is 90.6 cm³/mol. The van der Waals surface area contributed by atoms with Gasteiger partial charge in [0.1, 0.15) is 11.5 Å². The Labute approximate surface area is 141 Å². The zero-order valence-corrected chi connectivity index (χ0v) is 14.2. The van der Waals surface area contributed by atoms with Crippen LogP contribution in [0.15, 0.2) is 40.8 Å². The van der Waals surface area contributed by atoms with E-state index < -0.39 is 5.97 Å². The zero-order valence-electron chi connectivity index (χ0n) is 14.2. The number of carbonyl (C=O) groups is 2. The summed E-state index contributed by atoms with van der Waals surface area (Å²) in [6.07, 6.45) is 2.35. The van der Waals surface area contributed by atoms with Gasteiger partial charge >= 0.3 is 0 Å². The van der Waals surface area contributed by atoms with E-state index in [0.717, 1.165) is 11.8 Å². The number of aryl methyl sites for hydroxylation is 1. The number of furan rings is 1. The molecule has 0 atom stereocenters. The Morgan fingerprint density at radius 3 is 2.50 bits per heavy atom. The summed E-state index contributed by atoms with van der Waals surface area (Å²) in [6.45, 7) is 7.80. The number of amides is 1. The number of aliphatic carboxylic acids is 1. The maximum atomic E-state index is 12.5. The molecular formula is C19H20NO4-. The normalized spacial score (nSPS) is 11.7. The third-order valence-electron chi connectivity index (χ3n) is 3.46. The summed E-state index contributed by atoms with van der Waals surface area (Å²) < 4.78 is 5.68. The first kappa shape index (κ1) is 17.5. The molecule has 0 radical (unpaired) electrons. The molecule has 1 aromatic heterocycles. The van der Waals surface area contributed by atoms with Gasteiger partial charge in [0.05, 0.1) is 11.5 Å². The van der Waals surface area contributed by atoms with Crippen LogP contribution in [0.25, 0.3) is 6.08 Å². The Morgan fingerprint density at radius 1 is 1.21 bits per heavy atom. The third-order valence-corrected chi connectivity index (χ3v) is 3.46. The monoisotopic (exact) mass is 326 g/mol. The molecule has 0 saturated heterocycles. The lowest BCUT2D eigenvalue weighted by Gasteiger charge is -2.13. The van der Waals surface area contributed by atoms with Crippen molar-refractivity contribution in [1.82, 2.24) is 0 Å². The van der Waals surface area contributed by atoms with E-state index in [-0.39, 0.29) is 11.3 Å². The number of hydrogen-bond donors (Lipinski definition) is 1. The topological polar surface area (TPSA) is 82.4 Å². The second-order valence-electron chi connectivity index (χ2n) is 6.56. The molecule has 24 heavy (non-hydrogen) atoms. The number of anilines is 1. The number of rotatable bonds is 4. The molecule has 1 amide bonds. The lowest BCUT2D eigenvalue weighted by molar-refractivity contribution is -0.297. The van der Waals surface area contributed by atoms with E-state index in [0.29, 0.717) is 22.6 Å². The largest absolute Gasteiger partial charge is 0.545 e. The van der Waals surface area contributed by atoms with Crippen molar-refractivity contribution in [3.63, 3.8) is 0 Å². The van der Waals surface area contributed by atoms with Crippen molar-refractivity contribution < 1.29 is 19.1 Å². The van der Waals surface area contributed by atoms with Crippen molar-refractivity contribution in [2.45, 2.75) is 33.1 Å². The van der Waals surface area contributed by atoms with E-state index in [9.17, 15) is 14.7 Å². The number of nitrogens with one attached hydrogen (secondary N) is 1. The fraction of sp³-hybridized carbons (Fsp3) is 0.263. The average Bonchev–Trinajstić information content (AvgIpc) is 2.88. The van der Waals surface area contributed by atoms with Gasteiger partial charge in [-0.15, -0.1) is 0 Å². The van der Waals surface area contributed by atoms with Crippen molar-refractivity contribution in [3.05, 3.63) is 59.1 Å². The Hall–Kier alpha value is -2.82. The van der Waals surface area contributed by atoms with Gasteiger partial charge in [0.2, 0.25) is 0 Å². The minimum absolute atomic E-state index is 0.182. The fourth-order valence-corrected chi connectivity index (χ4v) is 2.16. The van der Waals surface area contributed by atoms with E-state index in [4.69, 9.17) is 4.42 Å². The first-order chi connectivity index (χ1) is 11.2. The molecule has 126 valence electrons. The molecule has 2 rings (SSSR count). The highest BCUT2D eigenvalue weighted by molar-refractivity contribution is 6.05. The summed E-state index contributed by atoms with van der Waals surface area (Å²) in [5.74, 6) is -0.234. The molecule has 0 aliphatic rings. The van der Waals surface area contributed by atoms with Gasteiger partial charge in [-0.25, -0.2) is 0 Å². The summed E-state index contributed by atoms with van der Waals surface area (Å²) >= 11 is 0. The maximum Gasteiger partial charge on any atom is 0.259 e. The molecule has 0 saturated carbocycles. The lowest BCUT2D eigenvalue weighted by Crippen LogP contribution is -2.18. The first-order valence-corrected chi connectivity index (χ1v) is 7.58. The molecule has 1 heterocycles. The van der Waals surface area contributed by atoms with Crippen LogP contribution in [0.4, 0.5) is 5.69 Å². The van der Waals surface area contributed by atoms with Crippen LogP contribution in [0.2, 0.25) is 0 Å². The average molecular weight is 326 g/mol. The minimum Gasteiger partial charge on any atom is -0.545 e. The van der Waals surface area contributed by atoms with Crippen molar-refractivity contribution in [1.29, 1.82) is 0 Å². The van der Waals surface area contributed by atoms with Gasteiger partial charge in [0.25, 0.3) is 5.91 Å². The van der Waals surface area contributed by atoms with Crippen LogP contribution in [-0.2, 0) is 10.2 Å². The number of carboxylic acids is 1. The summed E-state index contributed by atoms with van der Waals surface area (Å²) in [6, 6.07) is 8.62. The molecule has 5 nitrogen and oxygen atoms in total. The van der Waals surface area contributed by atoms with Gasteiger partial charge in [-0.3, -0.25) is 4.79 Å². The Balaban J connectivity index is 2.20. The van der Waals surface area contributed by atoms with Crippen molar-refractivity contribution in [2.24, 2.45) is 0 Å². The van der Waals surface area contributed by atoms with Crippen molar-refractivity contribution in [3.8, 4) is 0 Å². The summed E-state index contributed by atoms with van der Waals surface area (Å²) in [7, 11) is 0. The van der Waals surface area contributed by atoms with Gasteiger partial charge in [-0.05, 0) is 36.8 Å². The Kier molecular flexibility index (Phi) is 4.93. The molecule has 0 aliphatic heterocycles. The van der Waals surface area contributed by atoms with Crippen LogP contribution in [0.5, 0.6) is 0 Å². The Bertz CT molecular complexity index is 794. The van der Waals surface area contributed by atoms with Crippen LogP contribution in [0.3, 0.4) is 0 Å². The highest BCUT2D eigenvalue weighted by Crippen LogP contribution is 2.27. The molecule has 5 heteroatoms. The predicted octanol–water partition coefficient (Wildman–Crippen LogP) is 2.90. The summed E-state index contributed by atoms with van der Waals surface area (Å²) in [5, 5.41) is 13.3. The van der Waals surface area contributed by atoms with E-state index >= 15 is 0 Å². The highest BCUT2D eigenvalue weighted by Gasteiger charge is 2.23. The van der Waals surface area contributed by atoms with Gasteiger partial charge in [-0.1, -0.05) is 39.0 Å². The lowest BCUT2D eigenvalue weighted by atomic mass is 9.93. The molecule has 1 aromatic carbocycles.